The second kappa shape index (κ2) is 4.77. The third-order valence-corrected chi connectivity index (χ3v) is 2.91. The number of rotatable bonds is 3. The minimum absolute atomic E-state index is 0.373. The largest absolute Gasteiger partial charge is 0.394 e. The van der Waals surface area contributed by atoms with Crippen LogP contribution in [0.4, 0.5) is 0 Å². The van der Waals surface area contributed by atoms with E-state index in [2.05, 4.69) is 0 Å². The molecule has 0 saturated carbocycles. The van der Waals surface area contributed by atoms with Crippen molar-refractivity contribution in [3.8, 4) is 0 Å². The Bertz CT molecular complexity index is 273. The van der Waals surface area contributed by atoms with Gasteiger partial charge in [-0.25, -0.2) is 0 Å². The number of hydrogen-bond donors (Lipinski definition) is 3. The standard InChI is InChI=1S/C10H18O7/c1-3-14-10(2)16-8-7(13)6(12)5(4-11)15-9(8)17-10/h5-9,11-13H,3-4H2,1-2H3/t5-,6-,7+,8-,9-,10-/m1/s1. The monoisotopic (exact) mass is 250 g/mol. The Labute approximate surface area is 98.8 Å². The molecule has 0 aromatic carbocycles. The highest BCUT2D eigenvalue weighted by molar-refractivity contribution is 4.93. The fraction of sp³-hybridized carbons (Fsp3) is 1.00. The molecule has 0 unspecified atom stereocenters. The minimum atomic E-state index is -1.30. The van der Waals surface area contributed by atoms with Crippen molar-refractivity contribution >= 4 is 0 Å². The lowest BCUT2D eigenvalue weighted by Crippen LogP contribution is -2.57. The Kier molecular flexibility index (Phi) is 3.69. The number of aliphatic hydroxyl groups is 3. The van der Waals surface area contributed by atoms with Crippen LogP contribution < -0.4 is 0 Å². The summed E-state index contributed by atoms with van der Waals surface area (Å²) in [6, 6.07) is 0. The Morgan fingerprint density at radius 2 is 1.94 bits per heavy atom. The van der Waals surface area contributed by atoms with E-state index in [9.17, 15) is 10.2 Å². The molecule has 100 valence electrons. The molecule has 0 spiro atoms. The van der Waals surface area contributed by atoms with Crippen molar-refractivity contribution in [2.75, 3.05) is 13.2 Å². The van der Waals surface area contributed by atoms with Gasteiger partial charge in [-0.05, 0) is 6.92 Å². The van der Waals surface area contributed by atoms with Crippen LogP contribution in [0.2, 0.25) is 0 Å². The maximum Gasteiger partial charge on any atom is 0.282 e. The van der Waals surface area contributed by atoms with Gasteiger partial charge >= 0.3 is 0 Å². The van der Waals surface area contributed by atoms with Crippen LogP contribution in [-0.4, -0.2) is 65.2 Å². The molecule has 0 amide bonds. The Morgan fingerprint density at radius 1 is 1.24 bits per heavy atom. The number of fused-ring (bicyclic) bond motifs is 1. The first-order valence-corrected chi connectivity index (χ1v) is 5.63. The van der Waals surface area contributed by atoms with E-state index < -0.39 is 43.3 Å². The molecular formula is C10H18O7. The molecule has 3 N–H and O–H groups in total. The van der Waals surface area contributed by atoms with E-state index in [1.165, 1.54) is 0 Å². The molecule has 0 aromatic heterocycles. The van der Waals surface area contributed by atoms with Crippen LogP contribution >= 0.6 is 0 Å². The average Bonchev–Trinajstić information content (AvgIpc) is 2.61. The maximum absolute atomic E-state index is 9.85. The van der Waals surface area contributed by atoms with E-state index in [1.54, 1.807) is 13.8 Å². The number of aliphatic hydroxyl groups excluding tert-OH is 3. The van der Waals surface area contributed by atoms with Crippen molar-refractivity contribution < 1.29 is 34.3 Å². The van der Waals surface area contributed by atoms with Gasteiger partial charge in [-0.15, -0.1) is 0 Å². The fourth-order valence-electron chi connectivity index (χ4n) is 2.09. The van der Waals surface area contributed by atoms with Gasteiger partial charge in [-0.1, -0.05) is 0 Å². The van der Waals surface area contributed by atoms with Crippen LogP contribution in [0.25, 0.3) is 0 Å². The summed E-state index contributed by atoms with van der Waals surface area (Å²) in [6.07, 6.45) is -4.98. The van der Waals surface area contributed by atoms with Crippen LogP contribution in [0, 0.1) is 0 Å². The predicted octanol–water partition coefficient (Wildman–Crippen LogP) is -1.45. The van der Waals surface area contributed by atoms with E-state index in [1.807, 2.05) is 0 Å². The molecule has 2 aliphatic rings. The zero-order valence-electron chi connectivity index (χ0n) is 9.78. The zero-order chi connectivity index (χ0) is 12.6. The summed E-state index contributed by atoms with van der Waals surface area (Å²) < 4.78 is 21.4. The first-order chi connectivity index (χ1) is 8.00. The van der Waals surface area contributed by atoms with Crippen LogP contribution in [0.15, 0.2) is 0 Å². The van der Waals surface area contributed by atoms with Crippen molar-refractivity contribution in [2.24, 2.45) is 0 Å². The first kappa shape index (κ1) is 13.2. The summed E-state index contributed by atoms with van der Waals surface area (Å²) in [5, 5.41) is 28.5. The normalized spacial score (nSPS) is 50.3. The third kappa shape index (κ3) is 2.32. The highest BCUT2D eigenvalue weighted by atomic mass is 16.9. The highest BCUT2D eigenvalue weighted by Crippen LogP contribution is 2.36. The number of hydrogen-bond acceptors (Lipinski definition) is 7. The summed E-state index contributed by atoms with van der Waals surface area (Å²) in [6.45, 7) is 3.31. The summed E-state index contributed by atoms with van der Waals surface area (Å²) in [4.78, 5) is 0. The van der Waals surface area contributed by atoms with Crippen LogP contribution in [0.5, 0.6) is 0 Å². The molecule has 2 aliphatic heterocycles. The van der Waals surface area contributed by atoms with Crippen molar-refractivity contribution in [2.45, 2.75) is 50.5 Å². The second-order valence-electron chi connectivity index (χ2n) is 4.20. The van der Waals surface area contributed by atoms with E-state index in [4.69, 9.17) is 24.1 Å². The van der Waals surface area contributed by atoms with Gasteiger partial charge in [0.05, 0.1) is 6.61 Å². The summed E-state index contributed by atoms with van der Waals surface area (Å²) in [5.41, 5.74) is 0. The van der Waals surface area contributed by atoms with E-state index in [-0.39, 0.29) is 0 Å². The van der Waals surface area contributed by atoms with E-state index >= 15 is 0 Å². The van der Waals surface area contributed by atoms with Gasteiger partial charge in [0.25, 0.3) is 5.97 Å². The van der Waals surface area contributed by atoms with Gasteiger partial charge in [0.1, 0.15) is 24.4 Å². The molecule has 0 bridgehead atoms. The zero-order valence-corrected chi connectivity index (χ0v) is 9.78. The lowest BCUT2D eigenvalue weighted by atomic mass is 9.99. The second-order valence-corrected chi connectivity index (χ2v) is 4.20. The predicted molar refractivity (Wildman–Crippen MR) is 53.7 cm³/mol. The Balaban J connectivity index is 2.09. The first-order valence-electron chi connectivity index (χ1n) is 5.63. The topological polar surface area (TPSA) is 97.6 Å². The Morgan fingerprint density at radius 3 is 2.53 bits per heavy atom. The smallest absolute Gasteiger partial charge is 0.282 e. The quantitative estimate of drug-likeness (QED) is 0.563. The third-order valence-electron chi connectivity index (χ3n) is 2.91. The molecule has 2 fully saturated rings. The summed E-state index contributed by atoms with van der Waals surface area (Å²) in [7, 11) is 0. The van der Waals surface area contributed by atoms with E-state index in [0.717, 1.165) is 0 Å². The van der Waals surface area contributed by atoms with Gasteiger partial charge in [0, 0.05) is 13.5 Å². The molecule has 2 heterocycles. The molecule has 17 heavy (non-hydrogen) atoms. The van der Waals surface area contributed by atoms with Gasteiger partial charge in [0.15, 0.2) is 6.29 Å². The van der Waals surface area contributed by atoms with Gasteiger partial charge in [-0.2, -0.15) is 0 Å². The molecule has 0 aromatic rings. The van der Waals surface area contributed by atoms with Crippen molar-refractivity contribution in [3.05, 3.63) is 0 Å². The van der Waals surface area contributed by atoms with Crippen molar-refractivity contribution in [3.63, 3.8) is 0 Å². The average molecular weight is 250 g/mol. The molecule has 7 nitrogen and oxygen atoms in total. The van der Waals surface area contributed by atoms with Gasteiger partial charge < -0.3 is 29.5 Å². The highest BCUT2D eigenvalue weighted by Gasteiger charge is 2.55. The van der Waals surface area contributed by atoms with Crippen LogP contribution in [-0.2, 0) is 18.9 Å². The lowest BCUT2D eigenvalue weighted by molar-refractivity contribution is -0.342. The summed E-state index contributed by atoms with van der Waals surface area (Å²) >= 11 is 0. The lowest BCUT2D eigenvalue weighted by Gasteiger charge is -2.36. The van der Waals surface area contributed by atoms with E-state index in [0.29, 0.717) is 6.61 Å². The fourth-order valence-corrected chi connectivity index (χ4v) is 2.09. The minimum Gasteiger partial charge on any atom is -0.394 e. The van der Waals surface area contributed by atoms with Crippen molar-refractivity contribution in [1.29, 1.82) is 0 Å². The van der Waals surface area contributed by atoms with Crippen LogP contribution in [0.3, 0.4) is 0 Å². The molecule has 0 radical (unpaired) electrons. The SMILES string of the molecule is CCO[C@@]1(C)O[C@H]2O[C@H](CO)[C@@H](O)[C@H](O)[C@H]2O1. The molecular weight excluding hydrogens is 232 g/mol. The molecule has 2 saturated heterocycles. The molecule has 7 heteroatoms. The summed E-state index contributed by atoms with van der Waals surface area (Å²) in [5.74, 6) is -1.30. The Hall–Kier alpha value is -0.280. The molecule has 2 rings (SSSR count). The maximum atomic E-state index is 9.85. The molecule has 6 atom stereocenters. The molecule has 0 aliphatic carbocycles. The van der Waals surface area contributed by atoms with Gasteiger partial charge in [0.2, 0.25) is 0 Å². The number of ether oxygens (including phenoxy) is 4. The van der Waals surface area contributed by atoms with Gasteiger partial charge in [-0.3, -0.25) is 4.74 Å². The van der Waals surface area contributed by atoms with Crippen molar-refractivity contribution in [1.82, 2.24) is 0 Å². The van der Waals surface area contributed by atoms with Crippen LogP contribution in [0.1, 0.15) is 13.8 Å².